The first-order chi connectivity index (χ1) is 9.20. The standard InChI is InChI=1S/C14H20N2O3/c1-10(4-6-15)14(17)16-7-5-11-2-3-12-13(8-11)19-9-18-12/h2-3,8,10H,4-7,9,15H2,1H3,(H,16,17). The highest BCUT2D eigenvalue weighted by Gasteiger charge is 2.14. The molecule has 0 radical (unpaired) electrons. The number of rotatable bonds is 6. The third-order valence-corrected chi connectivity index (χ3v) is 3.20. The van der Waals surface area contributed by atoms with E-state index < -0.39 is 0 Å². The van der Waals surface area contributed by atoms with Gasteiger partial charge in [-0.05, 0) is 37.1 Å². The van der Waals surface area contributed by atoms with Crippen molar-refractivity contribution in [3.8, 4) is 11.5 Å². The molecular weight excluding hydrogens is 244 g/mol. The number of nitrogens with one attached hydrogen (secondary N) is 1. The molecule has 5 heteroatoms. The zero-order valence-electron chi connectivity index (χ0n) is 11.1. The van der Waals surface area contributed by atoms with Crippen molar-refractivity contribution in [2.45, 2.75) is 19.8 Å². The van der Waals surface area contributed by atoms with E-state index in [1.807, 2.05) is 25.1 Å². The molecule has 104 valence electrons. The van der Waals surface area contributed by atoms with E-state index in [1.165, 1.54) is 0 Å². The summed E-state index contributed by atoms with van der Waals surface area (Å²) in [5.74, 6) is 1.60. The summed E-state index contributed by atoms with van der Waals surface area (Å²) in [7, 11) is 0. The molecule has 0 saturated heterocycles. The number of hydrogen-bond donors (Lipinski definition) is 2. The molecule has 1 aromatic carbocycles. The highest BCUT2D eigenvalue weighted by Crippen LogP contribution is 2.32. The summed E-state index contributed by atoms with van der Waals surface area (Å²) < 4.78 is 10.6. The molecular formula is C14H20N2O3. The molecule has 0 saturated carbocycles. The van der Waals surface area contributed by atoms with Crippen LogP contribution in [-0.4, -0.2) is 25.8 Å². The second kappa shape index (κ2) is 6.43. The van der Waals surface area contributed by atoms with Gasteiger partial charge in [0.1, 0.15) is 0 Å². The minimum absolute atomic E-state index is 0.0262. The Kier molecular flexibility index (Phi) is 4.63. The Hall–Kier alpha value is -1.75. The van der Waals surface area contributed by atoms with Crippen molar-refractivity contribution in [1.82, 2.24) is 5.32 Å². The minimum Gasteiger partial charge on any atom is -0.454 e. The molecule has 5 nitrogen and oxygen atoms in total. The van der Waals surface area contributed by atoms with Crippen LogP contribution in [0.4, 0.5) is 0 Å². The Morgan fingerprint density at radius 3 is 3.00 bits per heavy atom. The predicted octanol–water partition coefficient (Wildman–Crippen LogP) is 1.06. The third-order valence-electron chi connectivity index (χ3n) is 3.20. The number of nitrogens with two attached hydrogens (primary N) is 1. The normalized spacial score (nSPS) is 14.2. The number of benzene rings is 1. The number of hydrogen-bond acceptors (Lipinski definition) is 4. The highest BCUT2D eigenvalue weighted by atomic mass is 16.7. The Morgan fingerprint density at radius 2 is 2.21 bits per heavy atom. The van der Waals surface area contributed by atoms with Crippen molar-refractivity contribution in [1.29, 1.82) is 0 Å². The van der Waals surface area contributed by atoms with Gasteiger partial charge >= 0.3 is 0 Å². The van der Waals surface area contributed by atoms with Gasteiger partial charge in [-0.25, -0.2) is 0 Å². The van der Waals surface area contributed by atoms with Crippen molar-refractivity contribution in [3.63, 3.8) is 0 Å². The molecule has 2 rings (SSSR count). The summed E-state index contributed by atoms with van der Waals surface area (Å²) in [6.07, 6.45) is 1.49. The molecule has 0 spiro atoms. The van der Waals surface area contributed by atoms with Gasteiger partial charge in [0, 0.05) is 12.5 Å². The SMILES string of the molecule is CC(CCN)C(=O)NCCc1ccc2c(c1)OCO2. The molecule has 0 bridgehead atoms. The second-order valence-corrected chi connectivity index (χ2v) is 4.71. The monoisotopic (exact) mass is 264 g/mol. The lowest BCUT2D eigenvalue weighted by molar-refractivity contribution is -0.124. The van der Waals surface area contributed by atoms with Gasteiger partial charge in [0.25, 0.3) is 0 Å². The van der Waals surface area contributed by atoms with Gasteiger partial charge in [0.15, 0.2) is 11.5 Å². The van der Waals surface area contributed by atoms with Crippen LogP contribution in [0.1, 0.15) is 18.9 Å². The van der Waals surface area contributed by atoms with Crippen molar-refractivity contribution >= 4 is 5.91 Å². The first kappa shape index (κ1) is 13.7. The van der Waals surface area contributed by atoms with Crippen molar-refractivity contribution in [2.75, 3.05) is 19.9 Å². The van der Waals surface area contributed by atoms with E-state index in [2.05, 4.69) is 5.32 Å². The van der Waals surface area contributed by atoms with Crippen molar-refractivity contribution in [2.24, 2.45) is 11.7 Å². The van der Waals surface area contributed by atoms with E-state index in [0.717, 1.165) is 29.9 Å². The lowest BCUT2D eigenvalue weighted by Crippen LogP contribution is -2.31. The van der Waals surface area contributed by atoms with Gasteiger partial charge in [-0.3, -0.25) is 4.79 Å². The molecule has 19 heavy (non-hydrogen) atoms. The predicted molar refractivity (Wildman–Crippen MR) is 72.1 cm³/mol. The maximum Gasteiger partial charge on any atom is 0.231 e. The Balaban J connectivity index is 1.78. The van der Waals surface area contributed by atoms with Crippen LogP contribution < -0.4 is 20.5 Å². The number of amides is 1. The van der Waals surface area contributed by atoms with Gasteiger partial charge in [-0.1, -0.05) is 13.0 Å². The molecule has 0 aliphatic carbocycles. The number of ether oxygens (including phenoxy) is 2. The molecule has 1 atom stereocenters. The maximum absolute atomic E-state index is 11.7. The largest absolute Gasteiger partial charge is 0.454 e. The molecule has 1 aromatic rings. The molecule has 1 aliphatic heterocycles. The van der Waals surface area contributed by atoms with Gasteiger partial charge in [-0.15, -0.1) is 0 Å². The van der Waals surface area contributed by atoms with Crippen LogP contribution in [0.5, 0.6) is 11.5 Å². The average molecular weight is 264 g/mol. The topological polar surface area (TPSA) is 73.6 Å². The van der Waals surface area contributed by atoms with Crippen LogP contribution in [0.15, 0.2) is 18.2 Å². The van der Waals surface area contributed by atoms with Crippen molar-refractivity contribution in [3.05, 3.63) is 23.8 Å². The lowest BCUT2D eigenvalue weighted by Gasteiger charge is -2.11. The Morgan fingerprint density at radius 1 is 1.42 bits per heavy atom. The van der Waals surface area contributed by atoms with Crippen LogP contribution in [0.3, 0.4) is 0 Å². The van der Waals surface area contributed by atoms with Gasteiger partial charge in [-0.2, -0.15) is 0 Å². The van der Waals surface area contributed by atoms with Crippen LogP contribution in [-0.2, 0) is 11.2 Å². The van der Waals surface area contributed by atoms with E-state index in [-0.39, 0.29) is 18.6 Å². The molecule has 1 amide bonds. The summed E-state index contributed by atoms with van der Waals surface area (Å²) >= 11 is 0. The van der Waals surface area contributed by atoms with Crippen LogP contribution in [0.25, 0.3) is 0 Å². The first-order valence-corrected chi connectivity index (χ1v) is 6.57. The van der Waals surface area contributed by atoms with Crippen LogP contribution in [0.2, 0.25) is 0 Å². The highest BCUT2D eigenvalue weighted by molar-refractivity contribution is 5.78. The van der Waals surface area contributed by atoms with Crippen LogP contribution in [0, 0.1) is 5.92 Å². The first-order valence-electron chi connectivity index (χ1n) is 6.57. The summed E-state index contributed by atoms with van der Waals surface area (Å²) in [4.78, 5) is 11.7. The minimum atomic E-state index is -0.0262. The number of fused-ring (bicyclic) bond motifs is 1. The molecule has 1 unspecified atom stereocenters. The summed E-state index contributed by atoms with van der Waals surface area (Å²) in [6, 6.07) is 5.84. The van der Waals surface area contributed by atoms with Crippen molar-refractivity contribution < 1.29 is 14.3 Å². The maximum atomic E-state index is 11.7. The lowest BCUT2D eigenvalue weighted by atomic mass is 10.1. The Bertz CT molecular complexity index is 448. The molecule has 3 N–H and O–H groups in total. The zero-order valence-corrected chi connectivity index (χ0v) is 11.1. The van der Waals surface area contributed by atoms with Crippen LogP contribution >= 0.6 is 0 Å². The van der Waals surface area contributed by atoms with Gasteiger partial charge in [0.05, 0.1) is 0 Å². The summed E-state index contributed by atoms with van der Waals surface area (Å²) in [5, 5.41) is 2.92. The van der Waals surface area contributed by atoms with E-state index >= 15 is 0 Å². The summed E-state index contributed by atoms with van der Waals surface area (Å²) in [6.45, 7) is 3.33. The van der Waals surface area contributed by atoms with Gasteiger partial charge < -0.3 is 20.5 Å². The molecule has 1 aliphatic rings. The fourth-order valence-electron chi connectivity index (χ4n) is 1.98. The number of carbonyl (C=O) groups excluding carboxylic acids is 1. The average Bonchev–Trinajstić information content (AvgIpc) is 2.86. The zero-order chi connectivity index (χ0) is 13.7. The molecule has 1 heterocycles. The van der Waals surface area contributed by atoms with E-state index in [9.17, 15) is 4.79 Å². The van der Waals surface area contributed by atoms with E-state index in [1.54, 1.807) is 0 Å². The Labute approximate surface area is 113 Å². The molecule has 0 aromatic heterocycles. The van der Waals surface area contributed by atoms with E-state index in [4.69, 9.17) is 15.2 Å². The second-order valence-electron chi connectivity index (χ2n) is 4.71. The third kappa shape index (κ3) is 3.61. The smallest absolute Gasteiger partial charge is 0.231 e. The fraction of sp³-hybridized carbons (Fsp3) is 0.500. The van der Waals surface area contributed by atoms with E-state index in [0.29, 0.717) is 13.1 Å². The fourth-order valence-corrected chi connectivity index (χ4v) is 1.98. The summed E-state index contributed by atoms with van der Waals surface area (Å²) in [5.41, 5.74) is 6.55. The quantitative estimate of drug-likeness (QED) is 0.805. The number of carbonyl (C=O) groups is 1. The molecule has 0 fully saturated rings. The van der Waals surface area contributed by atoms with Gasteiger partial charge in [0.2, 0.25) is 12.7 Å².